The molecule has 0 bridgehead atoms. The highest BCUT2D eigenvalue weighted by molar-refractivity contribution is 7.92. The summed E-state index contributed by atoms with van der Waals surface area (Å²) in [6.07, 6.45) is 4.75. The average Bonchev–Trinajstić information content (AvgIpc) is 3.02. The normalized spacial score (nSPS) is 11.8. The summed E-state index contributed by atoms with van der Waals surface area (Å²) in [4.78, 5) is 4.31. The van der Waals surface area contributed by atoms with Crippen LogP contribution >= 0.6 is 0 Å². The summed E-state index contributed by atoms with van der Waals surface area (Å²) in [5.41, 5.74) is 3.46. The first kappa shape index (κ1) is 16.9. The number of nitrogens with zero attached hydrogens (tertiary/aromatic N) is 2. The Morgan fingerprint density at radius 1 is 1.00 bits per heavy atom. The number of aromatic nitrogens is 2. The third-order valence-electron chi connectivity index (χ3n) is 3.38. The van der Waals surface area contributed by atoms with Crippen LogP contribution in [0.4, 0.5) is 5.69 Å². The second-order valence-electron chi connectivity index (χ2n) is 5.65. The Labute approximate surface area is 146 Å². The van der Waals surface area contributed by atoms with Gasteiger partial charge in [-0.3, -0.25) is 4.72 Å². The fourth-order valence-corrected chi connectivity index (χ4v) is 2.73. The van der Waals surface area contributed by atoms with Gasteiger partial charge in [-0.2, -0.15) is 4.98 Å². The largest absolute Gasteiger partial charge is 0.334 e. The molecule has 25 heavy (non-hydrogen) atoms. The minimum Gasteiger partial charge on any atom is -0.334 e. The van der Waals surface area contributed by atoms with Crippen molar-refractivity contribution in [2.45, 2.75) is 6.92 Å². The maximum Gasteiger partial charge on any atom is 0.250 e. The number of aryl methyl sites for hydroxylation is 1. The molecule has 0 saturated heterocycles. The van der Waals surface area contributed by atoms with Gasteiger partial charge in [0, 0.05) is 17.3 Å². The van der Waals surface area contributed by atoms with Gasteiger partial charge in [0.15, 0.2) is 0 Å². The van der Waals surface area contributed by atoms with Crippen LogP contribution in [0.15, 0.2) is 53.1 Å². The van der Waals surface area contributed by atoms with Gasteiger partial charge in [-0.1, -0.05) is 35.0 Å². The van der Waals surface area contributed by atoms with Crippen LogP contribution in [-0.4, -0.2) is 24.8 Å². The zero-order valence-corrected chi connectivity index (χ0v) is 14.6. The lowest BCUT2D eigenvalue weighted by atomic mass is 10.1. The first-order valence-electron chi connectivity index (χ1n) is 7.56. The number of anilines is 1. The van der Waals surface area contributed by atoms with E-state index < -0.39 is 10.0 Å². The summed E-state index contributed by atoms with van der Waals surface area (Å²) < 4.78 is 30.0. The van der Waals surface area contributed by atoms with Crippen LogP contribution in [0.2, 0.25) is 0 Å². The first-order valence-corrected chi connectivity index (χ1v) is 9.45. The molecule has 1 heterocycles. The molecule has 7 heteroatoms. The number of benzene rings is 2. The summed E-state index contributed by atoms with van der Waals surface area (Å²) in [6.45, 7) is 2.04. The van der Waals surface area contributed by atoms with Gasteiger partial charge >= 0.3 is 0 Å². The molecule has 0 amide bonds. The minimum atomic E-state index is -3.30. The molecule has 2 aromatic carbocycles. The van der Waals surface area contributed by atoms with Gasteiger partial charge < -0.3 is 4.52 Å². The van der Waals surface area contributed by atoms with Gasteiger partial charge in [-0.05, 0) is 42.8 Å². The SMILES string of the molecule is Cc1ccc(/C=C/c2nc(-c3ccc(NS(C)(=O)=O)cc3)no2)cc1. The number of nitrogens with one attached hydrogen (secondary N) is 1. The lowest BCUT2D eigenvalue weighted by molar-refractivity contribution is 0.411. The van der Waals surface area contributed by atoms with Crippen molar-refractivity contribution in [3.63, 3.8) is 0 Å². The van der Waals surface area contributed by atoms with E-state index in [1.165, 1.54) is 5.56 Å². The Hall–Kier alpha value is -2.93. The van der Waals surface area contributed by atoms with Crippen LogP contribution in [-0.2, 0) is 10.0 Å². The molecule has 3 rings (SSSR count). The Morgan fingerprint density at radius 2 is 1.68 bits per heavy atom. The summed E-state index contributed by atoms with van der Waals surface area (Å²) in [6, 6.07) is 14.8. The predicted octanol–water partition coefficient (Wildman–Crippen LogP) is 3.59. The van der Waals surface area contributed by atoms with Gasteiger partial charge in [0.2, 0.25) is 15.8 Å². The molecule has 1 N–H and O–H groups in total. The monoisotopic (exact) mass is 355 g/mol. The summed E-state index contributed by atoms with van der Waals surface area (Å²) in [5.74, 6) is 0.836. The molecule has 0 spiro atoms. The van der Waals surface area contributed by atoms with Crippen molar-refractivity contribution in [3.05, 3.63) is 65.5 Å². The smallest absolute Gasteiger partial charge is 0.250 e. The van der Waals surface area contributed by atoms with E-state index in [0.717, 1.165) is 17.4 Å². The van der Waals surface area contributed by atoms with Crippen molar-refractivity contribution in [2.24, 2.45) is 0 Å². The third-order valence-corrected chi connectivity index (χ3v) is 3.99. The second-order valence-corrected chi connectivity index (χ2v) is 7.40. The Balaban J connectivity index is 1.73. The Kier molecular flexibility index (Phi) is 4.67. The zero-order valence-electron chi connectivity index (χ0n) is 13.8. The molecule has 3 aromatic rings. The van der Waals surface area contributed by atoms with Crippen LogP contribution in [0.1, 0.15) is 17.0 Å². The van der Waals surface area contributed by atoms with Gasteiger partial charge in [-0.15, -0.1) is 0 Å². The molecule has 0 aliphatic heterocycles. The van der Waals surface area contributed by atoms with Gasteiger partial charge in [-0.25, -0.2) is 8.42 Å². The zero-order chi connectivity index (χ0) is 17.9. The number of rotatable bonds is 5. The molecule has 0 saturated carbocycles. The second kappa shape index (κ2) is 6.90. The van der Waals surface area contributed by atoms with Gasteiger partial charge in [0.1, 0.15) is 0 Å². The predicted molar refractivity (Wildman–Crippen MR) is 98.3 cm³/mol. The highest BCUT2D eigenvalue weighted by Crippen LogP contribution is 2.20. The summed E-state index contributed by atoms with van der Waals surface area (Å²) >= 11 is 0. The molecule has 1 aromatic heterocycles. The summed E-state index contributed by atoms with van der Waals surface area (Å²) in [5, 5.41) is 3.94. The molecule has 0 atom stereocenters. The van der Waals surface area contributed by atoms with Crippen LogP contribution in [0, 0.1) is 6.92 Å². The maximum atomic E-state index is 11.2. The molecular weight excluding hydrogens is 338 g/mol. The van der Waals surface area contributed by atoms with E-state index in [4.69, 9.17) is 4.52 Å². The van der Waals surface area contributed by atoms with E-state index in [0.29, 0.717) is 17.4 Å². The third kappa shape index (κ3) is 4.77. The molecule has 0 aliphatic carbocycles. The Morgan fingerprint density at radius 3 is 2.32 bits per heavy atom. The molecule has 0 radical (unpaired) electrons. The van der Waals surface area contributed by atoms with E-state index in [9.17, 15) is 8.42 Å². The van der Waals surface area contributed by atoms with Gasteiger partial charge in [0.25, 0.3) is 5.89 Å². The lowest BCUT2D eigenvalue weighted by Gasteiger charge is -2.03. The fourth-order valence-electron chi connectivity index (χ4n) is 2.17. The Bertz CT molecular complexity index is 989. The molecule has 128 valence electrons. The highest BCUT2D eigenvalue weighted by atomic mass is 32.2. The molecule has 6 nitrogen and oxygen atoms in total. The molecular formula is C18H17N3O3S. The van der Waals surface area contributed by atoms with Gasteiger partial charge in [0.05, 0.1) is 6.26 Å². The van der Waals surface area contributed by atoms with Crippen LogP contribution in [0.25, 0.3) is 23.5 Å². The van der Waals surface area contributed by atoms with Crippen LogP contribution in [0.3, 0.4) is 0 Å². The minimum absolute atomic E-state index is 0.397. The maximum absolute atomic E-state index is 11.2. The van der Waals surface area contributed by atoms with E-state index in [1.807, 2.05) is 37.3 Å². The number of hydrogen-bond donors (Lipinski definition) is 1. The molecule has 0 unspecified atom stereocenters. The quantitative estimate of drug-likeness (QED) is 0.756. The van der Waals surface area contributed by atoms with E-state index in [-0.39, 0.29) is 0 Å². The van der Waals surface area contributed by atoms with Crippen molar-refractivity contribution in [1.82, 2.24) is 10.1 Å². The van der Waals surface area contributed by atoms with E-state index in [2.05, 4.69) is 14.9 Å². The van der Waals surface area contributed by atoms with Crippen molar-refractivity contribution >= 4 is 27.9 Å². The molecule has 0 aliphatic rings. The fraction of sp³-hybridized carbons (Fsp3) is 0.111. The van der Waals surface area contributed by atoms with Crippen LogP contribution < -0.4 is 4.72 Å². The highest BCUT2D eigenvalue weighted by Gasteiger charge is 2.07. The van der Waals surface area contributed by atoms with Crippen molar-refractivity contribution in [2.75, 3.05) is 11.0 Å². The van der Waals surface area contributed by atoms with Crippen LogP contribution in [0.5, 0.6) is 0 Å². The summed E-state index contributed by atoms with van der Waals surface area (Å²) in [7, 11) is -3.30. The topological polar surface area (TPSA) is 85.1 Å². The lowest BCUT2D eigenvalue weighted by Crippen LogP contribution is -2.09. The van der Waals surface area contributed by atoms with Crippen molar-refractivity contribution in [3.8, 4) is 11.4 Å². The number of hydrogen-bond acceptors (Lipinski definition) is 5. The number of sulfonamides is 1. The van der Waals surface area contributed by atoms with E-state index >= 15 is 0 Å². The molecule has 0 fully saturated rings. The average molecular weight is 355 g/mol. The van der Waals surface area contributed by atoms with E-state index in [1.54, 1.807) is 30.3 Å². The standard InChI is InChI=1S/C18H17N3O3S/c1-13-3-5-14(6-4-13)7-12-17-19-18(20-24-17)15-8-10-16(11-9-15)21-25(2,22)23/h3-12,21H,1-2H3/b12-7+. The van der Waals surface area contributed by atoms with Crippen molar-refractivity contribution in [1.29, 1.82) is 0 Å². The first-order chi connectivity index (χ1) is 11.9. The van der Waals surface area contributed by atoms with Crippen molar-refractivity contribution < 1.29 is 12.9 Å².